The summed E-state index contributed by atoms with van der Waals surface area (Å²) in [5.41, 5.74) is 3.74. The Morgan fingerprint density at radius 1 is 1.59 bits per heavy atom. The van der Waals surface area contributed by atoms with Crippen molar-refractivity contribution < 1.29 is 0 Å². The number of nitrogens with zero attached hydrogens (tertiary/aromatic N) is 2. The molecule has 0 fully saturated rings. The largest absolute Gasteiger partial charge is 0.338 e. The van der Waals surface area contributed by atoms with Gasteiger partial charge in [-0.15, -0.1) is 0 Å². The van der Waals surface area contributed by atoms with Crippen LogP contribution in [0.1, 0.15) is 25.5 Å². The smallest absolute Gasteiger partial charge is 0.208 e. The number of benzene rings is 1. The van der Waals surface area contributed by atoms with Gasteiger partial charge in [-0.2, -0.15) is 0 Å². The lowest BCUT2D eigenvalue weighted by atomic mass is 10.1. The third-order valence-corrected chi connectivity index (χ3v) is 2.92. The molecule has 0 amide bonds. The van der Waals surface area contributed by atoms with Crippen LogP contribution >= 0.6 is 11.6 Å². The Morgan fingerprint density at radius 2 is 2.29 bits per heavy atom. The van der Waals surface area contributed by atoms with Crippen LogP contribution < -0.4 is 11.3 Å². The fourth-order valence-corrected chi connectivity index (χ4v) is 1.78. The normalized spacial score (nSPS) is 13.4. The van der Waals surface area contributed by atoms with Gasteiger partial charge in [0.25, 0.3) is 0 Å². The van der Waals surface area contributed by atoms with E-state index in [1.165, 1.54) is 0 Å². The van der Waals surface area contributed by atoms with Crippen LogP contribution in [0.5, 0.6) is 0 Å². The van der Waals surface area contributed by atoms with E-state index in [2.05, 4.69) is 17.3 Å². The molecular weight excluding hydrogens is 236 g/mol. The standard InChI is InChI=1S/C12H19ClN4/c1-4-15-12(16-14)17(3)9(2)10-6-5-7-11(13)8-10/h5-9H,4,14H2,1-3H3,(H,15,16). The van der Waals surface area contributed by atoms with Gasteiger partial charge in [0, 0.05) is 18.6 Å². The Bertz CT molecular complexity index is 392. The molecule has 0 bridgehead atoms. The van der Waals surface area contributed by atoms with Crippen LogP contribution in [0.3, 0.4) is 0 Å². The van der Waals surface area contributed by atoms with Crippen LogP contribution in [-0.4, -0.2) is 24.5 Å². The summed E-state index contributed by atoms with van der Waals surface area (Å²) in [6.07, 6.45) is 0. The minimum atomic E-state index is 0.148. The van der Waals surface area contributed by atoms with E-state index in [0.29, 0.717) is 12.5 Å². The maximum Gasteiger partial charge on any atom is 0.208 e. The zero-order valence-corrected chi connectivity index (χ0v) is 11.2. The zero-order chi connectivity index (χ0) is 12.8. The van der Waals surface area contributed by atoms with Crippen molar-refractivity contribution >= 4 is 17.6 Å². The van der Waals surface area contributed by atoms with E-state index >= 15 is 0 Å². The maximum atomic E-state index is 5.98. The maximum absolute atomic E-state index is 5.98. The number of halogens is 1. The Morgan fingerprint density at radius 3 is 2.82 bits per heavy atom. The van der Waals surface area contributed by atoms with Gasteiger partial charge >= 0.3 is 0 Å². The fourth-order valence-electron chi connectivity index (χ4n) is 1.58. The molecule has 3 N–H and O–H groups in total. The number of hydrazine groups is 1. The molecule has 1 rings (SSSR count). The molecule has 0 saturated heterocycles. The molecule has 17 heavy (non-hydrogen) atoms. The van der Waals surface area contributed by atoms with Crippen molar-refractivity contribution in [3.63, 3.8) is 0 Å². The zero-order valence-electron chi connectivity index (χ0n) is 10.4. The van der Waals surface area contributed by atoms with Gasteiger partial charge in [-0.25, -0.2) is 5.84 Å². The molecule has 0 aliphatic heterocycles. The summed E-state index contributed by atoms with van der Waals surface area (Å²) >= 11 is 5.98. The SMILES string of the molecule is CCN=C(NN)N(C)C(C)c1cccc(Cl)c1. The third-order valence-electron chi connectivity index (χ3n) is 2.68. The van der Waals surface area contributed by atoms with Gasteiger partial charge in [-0.3, -0.25) is 10.4 Å². The first kappa shape index (κ1) is 13.8. The summed E-state index contributed by atoms with van der Waals surface area (Å²) in [5, 5.41) is 0.734. The van der Waals surface area contributed by atoms with Crippen LogP contribution in [0.4, 0.5) is 0 Å². The summed E-state index contributed by atoms with van der Waals surface area (Å²) in [6, 6.07) is 7.93. The molecule has 1 aromatic carbocycles. The number of guanidine groups is 1. The average Bonchev–Trinajstić information content (AvgIpc) is 2.34. The van der Waals surface area contributed by atoms with E-state index in [1.54, 1.807) is 0 Å². The van der Waals surface area contributed by atoms with Gasteiger partial charge in [-0.1, -0.05) is 23.7 Å². The Kier molecular flexibility index (Phi) is 5.25. The second-order valence-electron chi connectivity index (χ2n) is 3.78. The van der Waals surface area contributed by atoms with Gasteiger partial charge in [0.2, 0.25) is 5.96 Å². The van der Waals surface area contributed by atoms with Crippen molar-refractivity contribution in [3.8, 4) is 0 Å². The van der Waals surface area contributed by atoms with E-state index in [-0.39, 0.29) is 6.04 Å². The highest BCUT2D eigenvalue weighted by Crippen LogP contribution is 2.21. The quantitative estimate of drug-likeness (QED) is 0.376. The Labute approximate surface area is 107 Å². The molecule has 1 atom stereocenters. The number of hydrogen-bond acceptors (Lipinski definition) is 2. The molecule has 0 aromatic heterocycles. The number of hydrogen-bond donors (Lipinski definition) is 2. The first-order valence-corrected chi connectivity index (χ1v) is 5.97. The summed E-state index contributed by atoms with van der Waals surface area (Å²) in [4.78, 5) is 6.27. The molecule has 94 valence electrons. The van der Waals surface area contributed by atoms with Gasteiger partial charge < -0.3 is 4.90 Å². The van der Waals surface area contributed by atoms with Gasteiger partial charge in [-0.05, 0) is 31.5 Å². The third kappa shape index (κ3) is 3.61. The number of aliphatic imine (C=N–C) groups is 1. The molecular formula is C12H19ClN4. The molecule has 0 aliphatic rings. The molecule has 4 nitrogen and oxygen atoms in total. The van der Waals surface area contributed by atoms with Crippen LogP contribution in [0.2, 0.25) is 5.02 Å². The van der Waals surface area contributed by atoms with Crippen molar-refractivity contribution in [3.05, 3.63) is 34.9 Å². The van der Waals surface area contributed by atoms with Crippen LogP contribution in [0, 0.1) is 0 Å². The monoisotopic (exact) mass is 254 g/mol. The Balaban J connectivity index is 2.89. The van der Waals surface area contributed by atoms with Gasteiger partial charge in [0.1, 0.15) is 0 Å². The van der Waals surface area contributed by atoms with Crippen molar-refractivity contribution in [2.75, 3.05) is 13.6 Å². The second kappa shape index (κ2) is 6.47. The van der Waals surface area contributed by atoms with Crippen LogP contribution in [-0.2, 0) is 0 Å². The second-order valence-corrected chi connectivity index (χ2v) is 4.22. The molecule has 1 unspecified atom stereocenters. The van der Waals surface area contributed by atoms with E-state index in [0.717, 1.165) is 10.6 Å². The number of nitrogens with two attached hydrogens (primary N) is 1. The summed E-state index contributed by atoms with van der Waals surface area (Å²) in [7, 11) is 1.94. The lowest BCUT2D eigenvalue weighted by Gasteiger charge is -2.28. The van der Waals surface area contributed by atoms with E-state index in [9.17, 15) is 0 Å². The topological polar surface area (TPSA) is 53.6 Å². The fraction of sp³-hybridized carbons (Fsp3) is 0.417. The molecule has 0 saturated carbocycles. The number of rotatable bonds is 3. The highest BCUT2D eigenvalue weighted by atomic mass is 35.5. The van der Waals surface area contributed by atoms with Crippen molar-refractivity contribution in [1.82, 2.24) is 10.3 Å². The lowest BCUT2D eigenvalue weighted by molar-refractivity contribution is 0.387. The van der Waals surface area contributed by atoms with E-state index < -0.39 is 0 Å². The average molecular weight is 255 g/mol. The first-order chi connectivity index (χ1) is 8.10. The van der Waals surface area contributed by atoms with Crippen LogP contribution in [0.15, 0.2) is 29.3 Å². The predicted molar refractivity (Wildman–Crippen MR) is 72.9 cm³/mol. The lowest BCUT2D eigenvalue weighted by Crippen LogP contribution is -2.43. The molecule has 0 aliphatic carbocycles. The predicted octanol–water partition coefficient (Wildman–Crippen LogP) is 2.17. The molecule has 0 heterocycles. The van der Waals surface area contributed by atoms with Crippen molar-refractivity contribution in [1.29, 1.82) is 0 Å². The van der Waals surface area contributed by atoms with Crippen molar-refractivity contribution in [2.24, 2.45) is 10.8 Å². The van der Waals surface area contributed by atoms with Gasteiger partial charge in [0.15, 0.2) is 0 Å². The highest BCUT2D eigenvalue weighted by molar-refractivity contribution is 6.30. The molecule has 0 spiro atoms. The summed E-state index contributed by atoms with van der Waals surface area (Å²) < 4.78 is 0. The Hall–Kier alpha value is -1.26. The van der Waals surface area contributed by atoms with Crippen molar-refractivity contribution in [2.45, 2.75) is 19.9 Å². The highest BCUT2D eigenvalue weighted by Gasteiger charge is 2.14. The first-order valence-electron chi connectivity index (χ1n) is 5.59. The van der Waals surface area contributed by atoms with Crippen LogP contribution in [0.25, 0.3) is 0 Å². The minimum absolute atomic E-state index is 0.148. The molecule has 0 radical (unpaired) electrons. The molecule has 5 heteroatoms. The van der Waals surface area contributed by atoms with E-state index in [4.69, 9.17) is 17.4 Å². The summed E-state index contributed by atoms with van der Waals surface area (Å²) in [5.74, 6) is 6.12. The minimum Gasteiger partial charge on any atom is -0.338 e. The number of nitrogens with one attached hydrogen (secondary N) is 1. The van der Waals surface area contributed by atoms with E-state index in [1.807, 2.05) is 43.1 Å². The molecule has 1 aromatic rings. The summed E-state index contributed by atoms with van der Waals surface area (Å²) in [6.45, 7) is 4.73. The van der Waals surface area contributed by atoms with Gasteiger partial charge in [0.05, 0.1) is 6.04 Å².